The zero-order valence-corrected chi connectivity index (χ0v) is 9.16. The lowest BCUT2D eigenvalue weighted by Gasteiger charge is -2.21. The minimum Gasteiger partial charge on any atom is -0.399 e. The Hall–Kier alpha value is -1.71. The number of nitrogens with two attached hydrogens (primary N) is 1. The number of amides is 2. The molecule has 1 aromatic carbocycles. The number of hydrogen-bond donors (Lipinski definition) is 2. The molecule has 4 nitrogen and oxygen atoms in total. The SMILES string of the molecule is CCCN(C(=O)NC)c1cccc(N)c1. The van der Waals surface area contributed by atoms with Gasteiger partial charge in [-0.3, -0.25) is 4.90 Å². The number of carbonyl (C=O) groups is 1. The van der Waals surface area contributed by atoms with Gasteiger partial charge in [-0.15, -0.1) is 0 Å². The predicted octanol–water partition coefficient (Wildman–Crippen LogP) is 1.82. The van der Waals surface area contributed by atoms with Crippen molar-refractivity contribution in [1.29, 1.82) is 0 Å². The van der Waals surface area contributed by atoms with Gasteiger partial charge in [-0.05, 0) is 24.6 Å². The summed E-state index contributed by atoms with van der Waals surface area (Å²) < 4.78 is 0. The monoisotopic (exact) mass is 207 g/mol. The average Bonchev–Trinajstić information content (AvgIpc) is 2.25. The Bertz CT molecular complexity index is 338. The third kappa shape index (κ3) is 2.87. The lowest BCUT2D eigenvalue weighted by molar-refractivity contribution is 0.248. The number of benzene rings is 1. The molecule has 1 aromatic rings. The molecule has 0 saturated heterocycles. The van der Waals surface area contributed by atoms with Crippen LogP contribution in [0.25, 0.3) is 0 Å². The van der Waals surface area contributed by atoms with Crippen LogP contribution in [0.2, 0.25) is 0 Å². The van der Waals surface area contributed by atoms with E-state index in [2.05, 4.69) is 5.32 Å². The van der Waals surface area contributed by atoms with Crippen LogP contribution in [0.5, 0.6) is 0 Å². The summed E-state index contributed by atoms with van der Waals surface area (Å²) in [5.41, 5.74) is 7.17. The second-order valence-electron chi connectivity index (χ2n) is 3.30. The summed E-state index contributed by atoms with van der Waals surface area (Å²) in [7, 11) is 1.62. The topological polar surface area (TPSA) is 58.4 Å². The standard InChI is InChI=1S/C11H17N3O/c1-3-7-14(11(15)13-2)10-6-4-5-9(12)8-10/h4-6,8H,3,7,12H2,1-2H3,(H,13,15). The third-order valence-corrected chi connectivity index (χ3v) is 2.09. The number of carbonyl (C=O) groups excluding carboxylic acids is 1. The normalized spacial score (nSPS) is 9.73. The number of anilines is 2. The third-order valence-electron chi connectivity index (χ3n) is 2.09. The minimum absolute atomic E-state index is 0.109. The van der Waals surface area contributed by atoms with Crippen molar-refractivity contribution in [3.8, 4) is 0 Å². The first kappa shape index (κ1) is 11.4. The molecule has 2 amide bonds. The zero-order chi connectivity index (χ0) is 11.3. The number of nitrogen functional groups attached to an aromatic ring is 1. The molecule has 3 N–H and O–H groups in total. The van der Waals surface area contributed by atoms with Crippen molar-refractivity contribution in [2.24, 2.45) is 0 Å². The highest BCUT2D eigenvalue weighted by molar-refractivity contribution is 5.92. The van der Waals surface area contributed by atoms with E-state index < -0.39 is 0 Å². The second kappa shape index (κ2) is 5.24. The molecular weight excluding hydrogens is 190 g/mol. The maximum Gasteiger partial charge on any atom is 0.321 e. The molecule has 4 heteroatoms. The van der Waals surface area contributed by atoms with Gasteiger partial charge in [-0.25, -0.2) is 4.79 Å². The fraction of sp³-hybridized carbons (Fsp3) is 0.364. The van der Waals surface area contributed by atoms with Crippen LogP contribution < -0.4 is 16.0 Å². The van der Waals surface area contributed by atoms with Gasteiger partial charge in [-0.1, -0.05) is 13.0 Å². The Morgan fingerprint density at radius 2 is 2.27 bits per heavy atom. The first-order valence-electron chi connectivity index (χ1n) is 5.03. The van der Waals surface area contributed by atoms with E-state index in [1.807, 2.05) is 19.1 Å². The van der Waals surface area contributed by atoms with Gasteiger partial charge < -0.3 is 11.1 Å². The van der Waals surface area contributed by atoms with Crippen molar-refractivity contribution in [3.05, 3.63) is 24.3 Å². The van der Waals surface area contributed by atoms with Crippen LogP contribution in [-0.4, -0.2) is 19.6 Å². The summed E-state index contributed by atoms with van der Waals surface area (Å²) in [6.07, 6.45) is 0.905. The van der Waals surface area contributed by atoms with Gasteiger partial charge in [0.1, 0.15) is 0 Å². The van der Waals surface area contributed by atoms with E-state index in [0.717, 1.165) is 12.1 Å². The summed E-state index contributed by atoms with van der Waals surface area (Å²) in [6, 6.07) is 7.21. The Kier molecular flexibility index (Phi) is 3.97. The molecule has 0 spiro atoms. The Balaban J connectivity index is 2.93. The smallest absolute Gasteiger partial charge is 0.321 e. The summed E-state index contributed by atoms with van der Waals surface area (Å²) >= 11 is 0. The van der Waals surface area contributed by atoms with Crippen molar-refractivity contribution in [1.82, 2.24) is 5.32 Å². The van der Waals surface area contributed by atoms with Crippen LogP contribution in [-0.2, 0) is 0 Å². The summed E-state index contributed by atoms with van der Waals surface area (Å²) in [4.78, 5) is 13.3. The van der Waals surface area contributed by atoms with Crippen molar-refractivity contribution in [3.63, 3.8) is 0 Å². The molecule has 0 heterocycles. The van der Waals surface area contributed by atoms with Gasteiger partial charge in [0, 0.05) is 25.0 Å². The maximum absolute atomic E-state index is 11.6. The number of urea groups is 1. The van der Waals surface area contributed by atoms with Crippen molar-refractivity contribution < 1.29 is 4.79 Å². The molecule has 0 saturated carbocycles. The van der Waals surface area contributed by atoms with E-state index in [-0.39, 0.29) is 6.03 Å². The minimum atomic E-state index is -0.109. The van der Waals surface area contributed by atoms with Gasteiger partial charge in [-0.2, -0.15) is 0 Å². The van der Waals surface area contributed by atoms with Crippen molar-refractivity contribution >= 4 is 17.4 Å². The largest absolute Gasteiger partial charge is 0.399 e. The highest BCUT2D eigenvalue weighted by atomic mass is 16.2. The van der Waals surface area contributed by atoms with Crippen LogP contribution in [0.3, 0.4) is 0 Å². The molecule has 0 radical (unpaired) electrons. The lowest BCUT2D eigenvalue weighted by atomic mass is 10.2. The summed E-state index contributed by atoms with van der Waals surface area (Å²) in [6.45, 7) is 2.71. The predicted molar refractivity (Wildman–Crippen MR) is 62.9 cm³/mol. The fourth-order valence-electron chi connectivity index (χ4n) is 1.40. The Morgan fingerprint density at radius 3 is 2.80 bits per heavy atom. The van der Waals surface area contributed by atoms with Gasteiger partial charge in [0.15, 0.2) is 0 Å². The highest BCUT2D eigenvalue weighted by Crippen LogP contribution is 2.17. The van der Waals surface area contributed by atoms with Gasteiger partial charge in [0.05, 0.1) is 0 Å². The van der Waals surface area contributed by atoms with E-state index in [9.17, 15) is 4.79 Å². The van der Waals surface area contributed by atoms with Crippen LogP contribution in [0.1, 0.15) is 13.3 Å². The number of rotatable bonds is 3. The molecular formula is C11H17N3O. The first-order valence-corrected chi connectivity index (χ1v) is 5.03. The van der Waals surface area contributed by atoms with Gasteiger partial charge in [0.2, 0.25) is 0 Å². The van der Waals surface area contributed by atoms with E-state index >= 15 is 0 Å². The molecule has 0 aliphatic rings. The molecule has 1 rings (SSSR count). The molecule has 0 aromatic heterocycles. The molecule has 0 bridgehead atoms. The van der Waals surface area contributed by atoms with Crippen molar-refractivity contribution in [2.75, 3.05) is 24.2 Å². The molecule has 0 aliphatic heterocycles. The van der Waals surface area contributed by atoms with Crippen LogP contribution in [0, 0.1) is 0 Å². The lowest BCUT2D eigenvalue weighted by Crippen LogP contribution is -2.38. The van der Waals surface area contributed by atoms with Crippen LogP contribution >= 0.6 is 0 Å². The van der Waals surface area contributed by atoms with E-state index in [1.54, 1.807) is 24.1 Å². The highest BCUT2D eigenvalue weighted by Gasteiger charge is 2.12. The van der Waals surface area contributed by atoms with Crippen molar-refractivity contribution in [2.45, 2.75) is 13.3 Å². The molecule has 0 fully saturated rings. The summed E-state index contributed by atoms with van der Waals surface area (Å²) in [5, 5.41) is 2.61. The van der Waals surface area contributed by atoms with E-state index in [1.165, 1.54) is 0 Å². The number of nitrogens with zero attached hydrogens (tertiary/aromatic N) is 1. The van der Waals surface area contributed by atoms with Crippen LogP contribution in [0.15, 0.2) is 24.3 Å². The quantitative estimate of drug-likeness (QED) is 0.743. The molecule has 15 heavy (non-hydrogen) atoms. The van der Waals surface area contributed by atoms with Gasteiger partial charge >= 0.3 is 6.03 Å². The zero-order valence-electron chi connectivity index (χ0n) is 9.16. The second-order valence-corrected chi connectivity index (χ2v) is 3.30. The average molecular weight is 207 g/mol. The number of nitrogens with one attached hydrogen (secondary N) is 1. The Labute approximate surface area is 90.1 Å². The first-order chi connectivity index (χ1) is 7.19. The van der Waals surface area contributed by atoms with Crippen LogP contribution in [0.4, 0.5) is 16.2 Å². The molecule has 82 valence electrons. The van der Waals surface area contributed by atoms with Gasteiger partial charge in [0.25, 0.3) is 0 Å². The number of hydrogen-bond acceptors (Lipinski definition) is 2. The summed E-state index contributed by atoms with van der Waals surface area (Å²) in [5.74, 6) is 0. The Morgan fingerprint density at radius 1 is 1.53 bits per heavy atom. The maximum atomic E-state index is 11.6. The van der Waals surface area contributed by atoms with E-state index in [4.69, 9.17) is 5.73 Å². The molecule has 0 aliphatic carbocycles. The molecule has 0 unspecified atom stereocenters. The fourth-order valence-corrected chi connectivity index (χ4v) is 1.40. The molecule has 0 atom stereocenters. The van der Waals surface area contributed by atoms with E-state index in [0.29, 0.717) is 12.2 Å².